The van der Waals surface area contributed by atoms with Crippen molar-refractivity contribution in [3.05, 3.63) is 57.0 Å². The highest BCUT2D eigenvalue weighted by Gasteiger charge is 2.35. The van der Waals surface area contributed by atoms with Gasteiger partial charge in [0.15, 0.2) is 0 Å². The molecule has 0 aliphatic rings. The largest absolute Gasteiger partial charge is 0.455 e. The van der Waals surface area contributed by atoms with Crippen molar-refractivity contribution in [3.63, 3.8) is 0 Å². The third-order valence-corrected chi connectivity index (χ3v) is 3.35. The Morgan fingerprint density at radius 2 is 1.76 bits per heavy atom. The highest BCUT2D eigenvalue weighted by atomic mass is 79.9. The Labute approximate surface area is 131 Å². The topological polar surface area (TPSA) is 26.3 Å². The second-order valence-corrected chi connectivity index (χ2v) is 5.37. The summed E-state index contributed by atoms with van der Waals surface area (Å²) < 4.78 is 44.9. The van der Waals surface area contributed by atoms with Crippen molar-refractivity contribution in [3.8, 4) is 11.5 Å². The maximum atomic E-state index is 13.0. The van der Waals surface area contributed by atoms with E-state index < -0.39 is 17.5 Å². The first-order valence-electron chi connectivity index (χ1n) is 5.60. The van der Waals surface area contributed by atoms with Crippen LogP contribution in [-0.4, -0.2) is 6.29 Å². The monoisotopic (exact) mass is 378 g/mol. The molecule has 21 heavy (non-hydrogen) atoms. The van der Waals surface area contributed by atoms with Crippen molar-refractivity contribution in [1.82, 2.24) is 0 Å². The van der Waals surface area contributed by atoms with Crippen molar-refractivity contribution < 1.29 is 22.7 Å². The molecule has 0 fully saturated rings. The lowest BCUT2D eigenvalue weighted by molar-refractivity contribution is -0.138. The fourth-order valence-corrected chi connectivity index (χ4v) is 2.32. The summed E-state index contributed by atoms with van der Waals surface area (Å²) in [5.74, 6) is -0.332. The fourth-order valence-electron chi connectivity index (χ4n) is 1.61. The van der Waals surface area contributed by atoms with Crippen molar-refractivity contribution >= 4 is 33.8 Å². The van der Waals surface area contributed by atoms with E-state index in [1.807, 2.05) is 0 Å². The number of halogens is 5. The molecule has 2 aromatic rings. The van der Waals surface area contributed by atoms with Gasteiger partial charge in [0.05, 0.1) is 10.6 Å². The highest BCUT2D eigenvalue weighted by molar-refractivity contribution is 9.10. The molecular weight excluding hydrogens is 373 g/mol. The Kier molecular flexibility index (Phi) is 4.58. The molecule has 0 saturated carbocycles. The number of aldehydes is 1. The van der Waals surface area contributed by atoms with Crippen LogP contribution in [0.4, 0.5) is 13.2 Å². The predicted octanol–water partition coefficient (Wildman–Crippen LogP) is 5.73. The number of carbonyl (C=O) groups excluding carboxylic acids is 1. The first-order valence-corrected chi connectivity index (χ1v) is 6.77. The molecule has 0 unspecified atom stereocenters. The first-order chi connectivity index (χ1) is 9.81. The summed E-state index contributed by atoms with van der Waals surface area (Å²) in [5, 5.41) is 0.164. The number of rotatable bonds is 3. The van der Waals surface area contributed by atoms with Crippen molar-refractivity contribution in [1.29, 1.82) is 0 Å². The van der Waals surface area contributed by atoms with Crippen LogP contribution in [0.15, 0.2) is 40.9 Å². The minimum atomic E-state index is -4.64. The number of carbonyl (C=O) groups is 1. The third-order valence-electron chi connectivity index (χ3n) is 2.56. The Hall–Kier alpha value is -1.53. The minimum Gasteiger partial charge on any atom is -0.455 e. The maximum absolute atomic E-state index is 13.0. The molecule has 0 saturated heterocycles. The zero-order valence-electron chi connectivity index (χ0n) is 10.2. The zero-order valence-corrected chi connectivity index (χ0v) is 12.6. The van der Waals surface area contributed by atoms with Gasteiger partial charge in [-0.3, -0.25) is 4.79 Å². The van der Waals surface area contributed by atoms with E-state index in [2.05, 4.69) is 15.9 Å². The van der Waals surface area contributed by atoms with Gasteiger partial charge < -0.3 is 4.74 Å². The van der Waals surface area contributed by atoms with Crippen LogP contribution in [0.1, 0.15) is 15.9 Å². The summed E-state index contributed by atoms with van der Waals surface area (Å²) in [6.45, 7) is 0. The van der Waals surface area contributed by atoms with Gasteiger partial charge in [0.1, 0.15) is 17.8 Å². The summed E-state index contributed by atoms with van der Waals surface area (Å²) in [5.41, 5.74) is -1.12. The van der Waals surface area contributed by atoms with Crippen LogP contribution in [0.2, 0.25) is 5.02 Å². The molecule has 0 bridgehead atoms. The van der Waals surface area contributed by atoms with Crippen LogP contribution in [0.5, 0.6) is 11.5 Å². The van der Waals surface area contributed by atoms with Crippen LogP contribution in [0.25, 0.3) is 0 Å². The first kappa shape index (κ1) is 15.9. The van der Waals surface area contributed by atoms with E-state index in [1.165, 1.54) is 18.2 Å². The average Bonchev–Trinajstić information content (AvgIpc) is 2.41. The van der Waals surface area contributed by atoms with E-state index in [9.17, 15) is 18.0 Å². The predicted molar refractivity (Wildman–Crippen MR) is 76.1 cm³/mol. The average molecular weight is 380 g/mol. The normalized spacial score (nSPS) is 11.3. The molecule has 110 valence electrons. The van der Waals surface area contributed by atoms with E-state index >= 15 is 0 Å². The van der Waals surface area contributed by atoms with Gasteiger partial charge in [-0.2, -0.15) is 13.2 Å². The van der Waals surface area contributed by atoms with Gasteiger partial charge in [0, 0.05) is 10.0 Å². The minimum absolute atomic E-state index is 0.0865. The Bertz CT molecular complexity index is 686. The van der Waals surface area contributed by atoms with Crippen molar-refractivity contribution in [2.45, 2.75) is 6.18 Å². The Morgan fingerprint density at radius 1 is 1.10 bits per heavy atom. The van der Waals surface area contributed by atoms with Gasteiger partial charge in [0.2, 0.25) is 0 Å². The molecule has 2 rings (SSSR count). The highest BCUT2D eigenvalue weighted by Crippen LogP contribution is 2.40. The van der Waals surface area contributed by atoms with Crippen LogP contribution in [0, 0.1) is 0 Å². The van der Waals surface area contributed by atoms with Gasteiger partial charge in [-0.1, -0.05) is 27.5 Å². The van der Waals surface area contributed by atoms with Gasteiger partial charge in [-0.15, -0.1) is 0 Å². The molecule has 7 heteroatoms. The lowest BCUT2D eigenvalue weighted by Gasteiger charge is -2.15. The summed E-state index contributed by atoms with van der Waals surface area (Å²) in [6.07, 6.45) is -4.30. The van der Waals surface area contributed by atoms with Crippen LogP contribution in [-0.2, 0) is 6.18 Å². The molecule has 0 atom stereocenters. The standard InChI is InChI=1S/C14H7BrClF3O2/c15-9-2-4-13(11(16)6-9)21-12-3-1-8(7-20)5-10(12)14(17,18)19/h1-7H. The number of ether oxygens (including phenoxy) is 1. The Balaban J connectivity index is 2.46. The van der Waals surface area contributed by atoms with Crippen LogP contribution < -0.4 is 4.74 Å². The molecule has 0 heterocycles. The van der Waals surface area contributed by atoms with E-state index in [1.54, 1.807) is 6.07 Å². The molecule has 0 N–H and O–H groups in total. The van der Waals surface area contributed by atoms with Gasteiger partial charge >= 0.3 is 6.18 Å². The summed E-state index contributed by atoms with van der Waals surface area (Å²) >= 11 is 9.10. The molecule has 2 nitrogen and oxygen atoms in total. The van der Waals surface area contributed by atoms with Crippen LogP contribution in [0.3, 0.4) is 0 Å². The lowest BCUT2D eigenvalue weighted by Crippen LogP contribution is -2.08. The van der Waals surface area contributed by atoms with Gasteiger partial charge in [-0.05, 0) is 36.4 Å². The summed E-state index contributed by atoms with van der Waals surface area (Å²) in [4.78, 5) is 10.6. The SMILES string of the molecule is O=Cc1ccc(Oc2ccc(Br)cc2Cl)c(C(F)(F)F)c1. The smallest absolute Gasteiger partial charge is 0.420 e. The van der Waals surface area contributed by atoms with Crippen molar-refractivity contribution in [2.24, 2.45) is 0 Å². The van der Waals surface area contributed by atoms with Crippen molar-refractivity contribution in [2.75, 3.05) is 0 Å². The molecule has 2 aromatic carbocycles. The molecule has 0 radical (unpaired) electrons. The summed E-state index contributed by atoms with van der Waals surface area (Å²) in [7, 11) is 0. The molecular formula is C14H7BrClF3O2. The maximum Gasteiger partial charge on any atom is 0.420 e. The molecule has 0 aliphatic carbocycles. The zero-order chi connectivity index (χ0) is 15.6. The molecule has 0 amide bonds. The number of alkyl halides is 3. The van der Waals surface area contributed by atoms with E-state index in [-0.39, 0.29) is 16.3 Å². The molecule has 0 aliphatic heterocycles. The Morgan fingerprint density at radius 3 is 2.33 bits per heavy atom. The van der Waals surface area contributed by atoms with E-state index in [4.69, 9.17) is 16.3 Å². The molecule has 0 aromatic heterocycles. The van der Waals surface area contributed by atoms with Gasteiger partial charge in [0.25, 0.3) is 0 Å². The molecule has 0 spiro atoms. The third kappa shape index (κ3) is 3.77. The second-order valence-electron chi connectivity index (χ2n) is 4.05. The number of hydrogen-bond donors (Lipinski definition) is 0. The number of benzene rings is 2. The summed E-state index contributed by atoms with van der Waals surface area (Å²) in [6, 6.07) is 7.60. The van der Waals surface area contributed by atoms with E-state index in [0.717, 1.165) is 12.1 Å². The van der Waals surface area contributed by atoms with Gasteiger partial charge in [-0.25, -0.2) is 0 Å². The quantitative estimate of drug-likeness (QED) is 0.637. The van der Waals surface area contributed by atoms with Crippen LogP contribution >= 0.6 is 27.5 Å². The lowest BCUT2D eigenvalue weighted by atomic mass is 10.1. The van der Waals surface area contributed by atoms with E-state index in [0.29, 0.717) is 10.8 Å². The fraction of sp³-hybridized carbons (Fsp3) is 0.0714. The number of hydrogen-bond acceptors (Lipinski definition) is 2. The second kappa shape index (κ2) is 6.07.